The predicted molar refractivity (Wildman–Crippen MR) is 77.8 cm³/mol. The molecule has 0 aliphatic heterocycles. The lowest BCUT2D eigenvalue weighted by molar-refractivity contribution is 0.414. The quantitative estimate of drug-likeness (QED) is 0.793. The summed E-state index contributed by atoms with van der Waals surface area (Å²) in [6.07, 6.45) is 7.99. The number of ether oxygens (including phenoxy) is 1. The van der Waals surface area contributed by atoms with Crippen molar-refractivity contribution in [3.05, 3.63) is 6.33 Å². The molecular weight excluding hydrogens is 240 g/mol. The van der Waals surface area contributed by atoms with E-state index in [0.717, 1.165) is 37.1 Å². The van der Waals surface area contributed by atoms with Gasteiger partial charge in [0.1, 0.15) is 6.33 Å². The maximum atomic E-state index is 5.44. The molecule has 0 amide bonds. The van der Waals surface area contributed by atoms with Crippen LogP contribution in [0.1, 0.15) is 39.0 Å². The Hall–Kier alpha value is -1.52. The molecule has 1 aromatic heterocycles. The van der Waals surface area contributed by atoms with E-state index in [1.165, 1.54) is 25.7 Å². The summed E-state index contributed by atoms with van der Waals surface area (Å²) in [7, 11) is 1.66. The summed E-state index contributed by atoms with van der Waals surface area (Å²) in [5.74, 6) is 3.05. The summed E-state index contributed by atoms with van der Waals surface area (Å²) in [4.78, 5) is 8.53. The Balaban J connectivity index is 2.01. The van der Waals surface area contributed by atoms with Gasteiger partial charge in [-0.2, -0.15) is 0 Å². The molecule has 2 N–H and O–H groups in total. The zero-order valence-corrected chi connectivity index (χ0v) is 11.9. The lowest BCUT2D eigenvalue weighted by Gasteiger charge is -2.15. The van der Waals surface area contributed by atoms with Crippen LogP contribution >= 0.6 is 0 Å². The number of aromatic nitrogens is 2. The van der Waals surface area contributed by atoms with Crippen LogP contribution in [0.2, 0.25) is 0 Å². The molecule has 1 aliphatic rings. The molecule has 0 bridgehead atoms. The fourth-order valence-electron chi connectivity index (χ4n) is 2.52. The monoisotopic (exact) mass is 264 g/mol. The van der Waals surface area contributed by atoms with Crippen molar-refractivity contribution in [2.45, 2.75) is 39.0 Å². The third-order valence-electron chi connectivity index (χ3n) is 3.58. The minimum Gasteiger partial charge on any atom is -0.490 e. The summed E-state index contributed by atoms with van der Waals surface area (Å²) in [5.41, 5.74) is 0. The van der Waals surface area contributed by atoms with Gasteiger partial charge in [-0.1, -0.05) is 19.8 Å². The van der Waals surface area contributed by atoms with E-state index >= 15 is 0 Å². The van der Waals surface area contributed by atoms with E-state index in [-0.39, 0.29) is 0 Å². The van der Waals surface area contributed by atoms with Crippen LogP contribution < -0.4 is 15.4 Å². The van der Waals surface area contributed by atoms with Gasteiger partial charge >= 0.3 is 0 Å². The van der Waals surface area contributed by atoms with Crippen LogP contribution in [-0.4, -0.2) is 30.2 Å². The van der Waals surface area contributed by atoms with Gasteiger partial charge in [0, 0.05) is 13.1 Å². The fraction of sp³-hybridized carbons (Fsp3) is 0.714. The number of rotatable bonds is 7. The second kappa shape index (κ2) is 7.16. The molecule has 0 spiro atoms. The largest absolute Gasteiger partial charge is 0.490 e. The normalized spacial score (nSPS) is 15.5. The first kappa shape index (κ1) is 13.9. The second-order valence-electron chi connectivity index (χ2n) is 5.06. The van der Waals surface area contributed by atoms with Crippen LogP contribution in [0.3, 0.4) is 0 Å². The summed E-state index contributed by atoms with van der Waals surface area (Å²) < 4.78 is 5.44. The number of hydrogen-bond donors (Lipinski definition) is 2. The van der Waals surface area contributed by atoms with Gasteiger partial charge in [0.15, 0.2) is 11.6 Å². The van der Waals surface area contributed by atoms with Crippen molar-refractivity contribution < 1.29 is 4.74 Å². The van der Waals surface area contributed by atoms with Gasteiger partial charge in [0.05, 0.1) is 7.11 Å². The lowest BCUT2D eigenvalue weighted by Crippen LogP contribution is -2.14. The molecule has 0 saturated heterocycles. The molecule has 1 heterocycles. The lowest BCUT2D eigenvalue weighted by atomic mass is 10.1. The van der Waals surface area contributed by atoms with Crippen molar-refractivity contribution >= 4 is 11.6 Å². The number of anilines is 2. The standard InChI is InChI=1S/C14H24N4O/c1-3-8-15-13-12(19-2)14(18-10-17-13)16-9-11-6-4-5-7-11/h10-11H,3-9H2,1-2H3,(H2,15,16,17,18). The van der Waals surface area contributed by atoms with Gasteiger partial charge in [-0.3, -0.25) is 0 Å². The van der Waals surface area contributed by atoms with E-state index < -0.39 is 0 Å². The Morgan fingerprint density at radius 3 is 2.53 bits per heavy atom. The molecule has 1 aliphatic carbocycles. The van der Waals surface area contributed by atoms with Gasteiger partial charge in [-0.25, -0.2) is 9.97 Å². The number of methoxy groups -OCH3 is 1. The SMILES string of the molecule is CCCNc1ncnc(NCC2CCCC2)c1OC. The third kappa shape index (κ3) is 3.72. The smallest absolute Gasteiger partial charge is 0.204 e. The van der Waals surface area contributed by atoms with Crippen molar-refractivity contribution in [1.82, 2.24) is 9.97 Å². The molecular formula is C14H24N4O. The number of hydrogen-bond acceptors (Lipinski definition) is 5. The number of nitrogens with zero attached hydrogens (tertiary/aromatic N) is 2. The molecule has 0 atom stereocenters. The van der Waals surface area contributed by atoms with Crippen molar-refractivity contribution in [1.29, 1.82) is 0 Å². The van der Waals surface area contributed by atoms with Crippen molar-refractivity contribution in [3.63, 3.8) is 0 Å². The zero-order valence-electron chi connectivity index (χ0n) is 11.9. The van der Waals surface area contributed by atoms with Crippen LogP contribution in [-0.2, 0) is 0 Å². The highest BCUT2D eigenvalue weighted by Crippen LogP contribution is 2.30. The summed E-state index contributed by atoms with van der Waals surface area (Å²) in [6, 6.07) is 0. The second-order valence-corrected chi connectivity index (χ2v) is 5.06. The first-order chi connectivity index (χ1) is 9.35. The molecule has 0 radical (unpaired) electrons. The molecule has 2 rings (SSSR count). The molecule has 106 valence electrons. The Labute approximate surface area is 115 Å². The van der Waals surface area contributed by atoms with Gasteiger partial charge in [0.2, 0.25) is 5.75 Å². The van der Waals surface area contributed by atoms with Gasteiger partial charge < -0.3 is 15.4 Å². The topological polar surface area (TPSA) is 59.1 Å². The van der Waals surface area contributed by atoms with E-state index in [9.17, 15) is 0 Å². The average Bonchev–Trinajstić information content (AvgIpc) is 2.96. The first-order valence-electron chi connectivity index (χ1n) is 7.21. The van der Waals surface area contributed by atoms with Crippen molar-refractivity contribution in [3.8, 4) is 5.75 Å². The molecule has 5 heteroatoms. The van der Waals surface area contributed by atoms with E-state index in [0.29, 0.717) is 5.75 Å². The zero-order chi connectivity index (χ0) is 13.5. The highest BCUT2D eigenvalue weighted by molar-refractivity contribution is 5.63. The minimum atomic E-state index is 0.717. The highest BCUT2D eigenvalue weighted by Gasteiger charge is 2.17. The van der Waals surface area contributed by atoms with Gasteiger partial charge in [-0.15, -0.1) is 0 Å². The van der Waals surface area contributed by atoms with E-state index in [2.05, 4.69) is 27.5 Å². The van der Waals surface area contributed by atoms with Crippen LogP contribution in [0.25, 0.3) is 0 Å². The van der Waals surface area contributed by atoms with E-state index in [1.54, 1.807) is 13.4 Å². The third-order valence-corrected chi connectivity index (χ3v) is 3.58. The summed E-state index contributed by atoms with van der Waals surface area (Å²) in [6.45, 7) is 3.98. The maximum absolute atomic E-state index is 5.44. The predicted octanol–water partition coefficient (Wildman–Crippen LogP) is 2.91. The Kier molecular flexibility index (Phi) is 5.24. The minimum absolute atomic E-state index is 0.717. The maximum Gasteiger partial charge on any atom is 0.204 e. The molecule has 1 fully saturated rings. The molecule has 0 unspecified atom stereocenters. The van der Waals surface area contributed by atoms with Crippen LogP contribution in [0, 0.1) is 5.92 Å². The molecule has 5 nitrogen and oxygen atoms in total. The van der Waals surface area contributed by atoms with E-state index in [1.807, 2.05) is 0 Å². The van der Waals surface area contributed by atoms with Gasteiger partial charge in [0.25, 0.3) is 0 Å². The van der Waals surface area contributed by atoms with Crippen molar-refractivity contribution in [2.75, 3.05) is 30.8 Å². The summed E-state index contributed by atoms with van der Waals surface area (Å²) >= 11 is 0. The molecule has 1 aromatic rings. The highest BCUT2D eigenvalue weighted by atomic mass is 16.5. The van der Waals surface area contributed by atoms with Crippen LogP contribution in [0.4, 0.5) is 11.6 Å². The first-order valence-corrected chi connectivity index (χ1v) is 7.21. The fourth-order valence-corrected chi connectivity index (χ4v) is 2.52. The Morgan fingerprint density at radius 1 is 1.21 bits per heavy atom. The molecule has 19 heavy (non-hydrogen) atoms. The van der Waals surface area contributed by atoms with E-state index in [4.69, 9.17) is 4.74 Å². The van der Waals surface area contributed by atoms with Crippen LogP contribution in [0.5, 0.6) is 5.75 Å². The Bertz CT molecular complexity index is 391. The van der Waals surface area contributed by atoms with Gasteiger partial charge in [-0.05, 0) is 25.2 Å². The summed E-state index contributed by atoms with van der Waals surface area (Å²) in [5, 5.41) is 6.67. The average molecular weight is 264 g/mol. The van der Waals surface area contributed by atoms with Crippen LogP contribution in [0.15, 0.2) is 6.33 Å². The molecule has 1 saturated carbocycles. The molecule has 0 aromatic carbocycles. The van der Waals surface area contributed by atoms with Crippen molar-refractivity contribution in [2.24, 2.45) is 5.92 Å². The Morgan fingerprint density at radius 2 is 1.89 bits per heavy atom. The number of nitrogens with one attached hydrogen (secondary N) is 2.